The van der Waals surface area contributed by atoms with Crippen molar-refractivity contribution in [3.05, 3.63) is 82.5 Å². The number of ether oxygens (including phenoxy) is 5. The van der Waals surface area contributed by atoms with Crippen LogP contribution in [0.1, 0.15) is 5.56 Å². The second kappa shape index (κ2) is 16.0. The van der Waals surface area contributed by atoms with Gasteiger partial charge in [-0.05, 0) is 48.0 Å². The van der Waals surface area contributed by atoms with Crippen molar-refractivity contribution in [1.82, 2.24) is 0 Å². The fraction of sp³-hybridized carbons (Fsp3) is 0.333. The van der Waals surface area contributed by atoms with Crippen molar-refractivity contribution in [2.24, 2.45) is 0 Å². The Morgan fingerprint density at radius 3 is 1.93 bits per heavy atom. The summed E-state index contributed by atoms with van der Waals surface area (Å²) in [4.78, 5) is 26.4. The molecule has 3 heterocycles. The number of carbonyl (C=O) groups excluding carboxylic acids is 1. The monoisotopic (exact) mass is 756 g/mol. The first-order valence-corrected chi connectivity index (χ1v) is 16.4. The maximum absolute atomic E-state index is 14.0. The van der Waals surface area contributed by atoms with Gasteiger partial charge in [-0.1, -0.05) is 12.1 Å². The molecular formula is C36H36O18. The van der Waals surface area contributed by atoms with E-state index in [-0.39, 0.29) is 34.2 Å². The van der Waals surface area contributed by atoms with Crippen molar-refractivity contribution in [3.8, 4) is 40.1 Å². The van der Waals surface area contributed by atoms with E-state index in [2.05, 4.69) is 0 Å². The predicted octanol–water partition coefficient (Wildman–Crippen LogP) is -0.802. The lowest BCUT2D eigenvalue weighted by atomic mass is 9.99. The van der Waals surface area contributed by atoms with Crippen LogP contribution in [0.25, 0.3) is 28.4 Å². The van der Waals surface area contributed by atoms with Crippen molar-refractivity contribution in [2.75, 3.05) is 13.2 Å². The third-order valence-corrected chi connectivity index (χ3v) is 8.73. The number of aromatic hydroxyl groups is 3. The van der Waals surface area contributed by atoms with Gasteiger partial charge in [0, 0.05) is 23.8 Å². The molecule has 5 unspecified atom stereocenters. The van der Waals surface area contributed by atoms with Gasteiger partial charge in [0.05, 0.1) is 6.61 Å². The first-order valence-electron chi connectivity index (χ1n) is 16.4. The molecule has 0 bridgehead atoms. The molecule has 2 aliphatic rings. The highest BCUT2D eigenvalue weighted by atomic mass is 16.7. The van der Waals surface area contributed by atoms with E-state index < -0.39 is 103 Å². The van der Waals surface area contributed by atoms with Gasteiger partial charge in [-0.25, -0.2) is 4.79 Å². The lowest BCUT2D eigenvalue weighted by Crippen LogP contribution is -2.60. The number of aliphatic hydroxyl groups excluding tert-OH is 7. The Labute approximate surface area is 304 Å². The van der Waals surface area contributed by atoms with Crippen LogP contribution in [0.3, 0.4) is 0 Å². The molecule has 4 aromatic rings. The third-order valence-electron chi connectivity index (χ3n) is 8.73. The normalized spacial score (nSPS) is 28.6. The van der Waals surface area contributed by atoms with Crippen LogP contribution < -0.4 is 14.9 Å². The fourth-order valence-corrected chi connectivity index (χ4v) is 5.76. The number of esters is 1. The van der Waals surface area contributed by atoms with Crippen molar-refractivity contribution < 1.29 is 84.0 Å². The highest BCUT2D eigenvalue weighted by Gasteiger charge is 2.47. The lowest BCUT2D eigenvalue weighted by Gasteiger charge is -2.39. The predicted molar refractivity (Wildman–Crippen MR) is 181 cm³/mol. The Balaban J connectivity index is 1.29. The summed E-state index contributed by atoms with van der Waals surface area (Å²) < 4.78 is 33.6. The van der Waals surface area contributed by atoms with E-state index in [1.54, 1.807) is 12.1 Å². The van der Waals surface area contributed by atoms with Crippen molar-refractivity contribution in [3.63, 3.8) is 0 Å². The molecule has 2 aliphatic heterocycles. The number of hydrogen-bond donors (Lipinski definition) is 10. The molecule has 18 nitrogen and oxygen atoms in total. The summed E-state index contributed by atoms with van der Waals surface area (Å²) in [5.74, 6) is -2.99. The van der Waals surface area contributed by atoms with E-state index in [1.807, 2.05) is 0 Å². The summed E-state index contributed by atoms with van der Waals surface area (Å²) in [6.07, 6.45) is -14.8. The number of phenolic OH excluding ortho intramolecular Hbond substituents is 3. The molecule has 0 aliphatic carbocycles. The van der Waals surface area contributed by atoms with Crippen LogP contribution in [0.15, 0.2) is 76.0 Å². The molecule has 0 amide bonds. The molecule has 2 saturated heterocycles. The number of carbonyl (C=O) groups is 1. The van der Waals surface area contributed by atoms with E-state index >= 15 is 0 Å². The molecule has 10 atom stereocenters. The maximum atomic E-state index is 14.0. The van der Waals surface area contributed by atoms with E-state index in [0.29, 0.717) is 5.56 Å². The van der Waals surface area contributed by atoms with E-state index in [9.17, 15) is 60.7 Å². The lowest BCUT2D eigenvalue weighted by molar-refractivity contribution is -0.278. The molecule has 288 valence electrons. The molecule has 0 saturated carbocycles. The minimum atomic E-state index is -1.98. The zero-order valence-electron chi connectivity index (χ0n) is 27.9. The summed E-state index contributed by atoms with van der Waals surface area (Å²) in [6.45, 7) is -1.37. The van der Waals surface area contributed by atoms with Gasteiger partial charge in [0.1, 0.15) is 89.4 Å². The molecule has 2 fully saturated rings. The number of fused-ring (bicyclic) bond motifs is 1. The molecular weight excluding hydrogens is 720 g/mol. The Kier molecular flexibility index (Phi) is 11.4. The number of aliphatic hydroxyl groups is 7. The summed E-state index contributed by atoms with van der Waals surface area (Å²) in [5.41, 5.74) is -0.665. The molecule has 1 aromatic heterocycles. The van der Waals surface area contributed by atoms with Crippen molar-refractivity contribution in [1.29, 1.82) is 0 Å². The first kappa shape index (κ1) is 38.4. The van der Waals surface area contributed by atoms with E-state index in [4.69, 9.17) is 28.1 Å². The summed E-state index contributed by atoms with van der Waals surface area (Å²) in [7, 11) is 0. The SMILES string of the molecule is O=C(/C=C/c1ccc(O)cc1)OCC1O[C@@H](Oc2c(-c3ccc(O)cc3)oc3cc(O[C@@H]4OC(CO)[C@@H](O)[C@H](O)C4O)cc(O)c3c2=O)C(O)C(O)[C@@H]1O. The minimum Gasteiger partial charge on any atom is -0.508 e. The number of phenols is 3. The summed E-state index contributed by atoms with van der Waals surface area (Å²) in [5, 5.41) is 102. The van der Waals surface area contributed by atoms with Gasteiger partial charge in [0.25, 0.3) is 0 Å². The minimum absolute atomic E-state index is 0.0259. The number of rotatable bonds is 10. The van der Waals surface area contributed by atoms with Gasteiger partial charge in [0.2, 0.25) is 23.8 Å². The van der Waals surface area contributed by atoms with Gasteiger partial charge in [-0.15, -0.1) is 0 Å². The average Bonchev–Trinajstić information content (AvgIpc) is 3.15. The third kappa shape index (κ3) is 7.97. The number of hydrogen-bond acceptors (Lipinski definition) is 18. The molecule has 54 heavy (non-hydrogen) atoms. The van der Waals surface area contributed by atoms with Gasteiger partial charge in [-0.2, -0.15) is 0 Å². The van der Waals surface area contributed by atoms with Crippen LogP contribution in [0, 0.1) is 0 Å². The van der Waals surface area contributed by atoms with Crippen LogP contribution in [-0.2, 0) is 19.0 Å². The highest BCUT2D eigenvalue weighted by Crippen LogP contribution is 2.38. The van der Waals surface area contributed by atoms with Crippen molar-refractivity contribution in [2.45, 2.75) is 61.4 Å². The standard InChI is InChI=1S/C36H36O18/c37-13-22-26(42)29(45)31(47)35(52-22)50-19-11-20(40)25-21(12-19)51-33(16-4-8-18(39)9-5-16)34(28(25)44)54-36-32(48)30(46)27(43)23(53-36)14-49-24(41)10-3-15-1-6-17(38)7-2-15/h1-12,22-23,26-27,29-32,35-40,42-43,45-48H,13-14H2/b10-3+/t22?,23?,26-,27-,29+,30?,31?,32?,35-,36+/m1/s1. The van der Waals surface area contributed by atoms with Gasteiger partial charge >= 0.3 is 5.97 Å². The van der Waals surface area contributed by atoms with Crippen LogP contribution >= 0.6 is 0 Å². The second-order valence-electron chi connectivity index (χ2n) is 12.5. The quantitative estimate of drug-likeness (QED) is 0.0700. The summed E-state index contributed by atoms with van der Waals surface area (Å²) in [6, 6.07) is 13.2. The molecule has 0 radical (unpaired) electrons. The largest absolute Gasteiger partial charge is 0.508 e. The van der Waals surface area contributed by atoms with Crippen molar-refractivity contribution >= 4 is 23.0 Å². The van der Waals surface area contributed by atoms with Gasteiger partial charge in [0.15, 0.2) is 5.76 Å². The Hall–Kier alpha value is -5.28. The molecule has 3 aromatic carbocycles. The Morgan fingerprint density at radius 1 is 0.722 bits per heavy atom. The fourth-order valence-electron chi connectivity index (χ4n) is 5.76. The van der Waals surface area contributed by atoms with Crippen LogP contribution in [0.5, 0.6) is 28.7 Å². The average molecular weight is 757 g/mol. The maximum Gasteiger partial charge on any atom is 0.330 e. The molecule has 0 spiro atoms. The molecule has 18 heteroatoms. The van der Waals surface area contributed by atoms with Gasteiger partial charge < -0.3 is 79.2 Å². The zero-order chi connectivity index (χ0) is 38.8. The zero-order valence-corrected chi connectivity index (χ0v) is 27.9. The summed E-state index contributed by atoms with van der Waals surface area (Å²) >= 11 is 0. The van der Waals surface area contributed by atoms with Crippen LogP contribution in [-0.4, -0.2) is 132 Å². The van der Waals surface area contributed by atoms with Gasteiger partial charge in [-0.3, -0.25) is 4.79 Å². The molecule has 10 N–H and O–H groups in total. The van der Waals surface area contributed by atoms with E-state index in [0.717, 1.165) is 18.2 Å². The molecule has 6 rings (SSSR count). The van der Waals surface area contributed by atoms with Crippen LogP contribution in [0.2, 0.25) is 0 Å². The van der Waals surface area contributed by atoms with E-state index in [1.165, 1.54) is 42.5 Å². The first-order chi connectivity index (χ1) is 25.7. The highest BCUT2D eigenvalue weighted by molar-refractivity contribution is 5.88. The smallest absolute Gasteiger partial charge is 0.330 e. The topological polar surface area (TPSA) is 296 Å². The van der Waals surface area contributed by atoms with Crippen LogP contribution in [0.4, 0.5) is 0 Å². The Bertz CT molecular complexity index is 2030. The second-order valence-corrected chi connectivity index (χ2v) is 12.5. The number of benzene rings is 3. The Morgan fingerprint density at radius 2 is 1.30 bits per heavy atom.